The average Bonchev–Trinajstić information content (AvgIpc) is 2.10. The number of allylic oxidation sites excluding steroid dienone is 1. The Morgan fingerprint density at radius 1 is 1.69 bits per heavy atom. The van der Waals surface area contributed by atoms with Gasteiger partial charge >= 0.3 is 5.97 Å². The normalized spacial score (nSPS) is 11.4. The maximum absolute atomic E-state index is 10.2. The van der Waals surface area contributed by atoms with Gasteiger partial charge in [0.1, 0.15) is 0 Å². The lowest BCUT2D eigenvalue weighted by Gasteiger charge is -2.06. The van der Waals surface area contributed by atoms with Crippen LogP contribution in [0.15, 0.2) is 11.8 Å². The van der Waals surface area contributed by atoms with E-state index in [4.69, 9.17) is 21.4 Å². The van der Waals surface area contributed by atoms with Crippen LogP contribution in [0.25, 0.3) is 0 Å². The number of hydrogen-bond donors (Lipinski definition) is 2. The van der Waals surface area contributed by atoms with E-state index in [1.807, 2.05) is 0 Å². The minimum atomic E-state index is -0.865. The van der Waals surface area contributed by atoms with Gasteiger partial charge in [0, 0.05) is 19.4 Å². The van der Waals surface area contributed by atoms with Crippen molar-refractivity contribution in [2.24, 2.45) is 0 Å². The van der Waals surface area contributed by atoms with Crippen molar-refractivity contribution in [3.63, 3.8) is 0 Å². The van der Waals surface area contributed by atoms with Crippen LogP contribution >= 0.6 is 11.6 Å². The summed E-state index contributed by atoms with van der Waals surface area (Å²) in [6.07, 6.45) is 1.55. The molecule has 2 N–H and O–H groups in total. The fraction of sp³-hybridized carbons (Fsp3) is 0.625. The number of rotatable bonds is 7. The number of ether oxygens (including phenoxy) is 1. The lowest BCUT2D eigenvalue weighted by Crippen LogP contribution is -2.19. The van der Waals surface area contributed by atoms with E-state index in [1.165, 1.54) is 0 Å². The van der Waals surface area contributed by atoms with Crippen LogP contribution < -0.4 is 5.32 Å². The Hall–Kier alpha value is -0.740. The van der Waals surface area contributed by atoms with Crippen LogP contribution in [0, 0.1) is 0 Å². The van der Waals surface area contributed by atoms with Gasteiger partial charge in [0.15, 0.2) is 0 Å². The van der Waals surface area contributed by atoms with Crippen molar-refractivity contribution in [2.45, 2.75) is 6.42 Å². The molecule has 0 aromatic heterocycles. The van der Waals surface area contributed by atoms with Gasteiger partial charge in [-0.15, -0.1) is 11.6 Å². The lowest BCUT2D eigenvalue weighted by atomic mass is 10.3. The zero-order valence-corrected chi connectivity index (χ0v) is 8.30. The first-order chi connectivity index (χ1) is 6.20. The summed E-state index contributed by atoms with van der Waals surface area (Å²) in [7, 11) is 1.60. The molecule has 0 spiro atoms. The molecule has 0 fully saturated rings. The predicted octanol–water partition coefficient (Wildman–Crippen LogP) is 0.820. The Labute approximate surface area is 82.5 Å². The summed E-state index contributed by atoms with van der Waals surface area (Å²) in [6, 6.07) is 0. The smallest absolute Gasteiger partial charge is 0.307 e. The molecule has 5 heteroatoms. The van der Waals surface area contributed by atoms with E-state index in [-0.39, 0.29) is 12.3 Å². The fourth-order valence-corrected chi connectivity index (χ4v) is 0.902. The molecule has 0 aromatic rings. The highest BCUT2D eigenvalue weighted by Crippen LogP contribution is 1.95. The summed E-state index contributed by atoms with van der Waals surface area (Å²) < 4.78 is 4.81. The molecule has 4 nitrogen and oxygen atoms in total. The molecule has 0 amide bonds. The molecule has 13 heavy (non-hydrogen) atoms. The quantitative estimate of drug-likeness (QED) is 0.480. The van der Waals surface area contributed by atoms with Crippen LogP contribution in [-0.4, -0.2) is 37.2 Å². The number of carboxylic acids is 1. The third-order valence-corrected chi connectivity index (χ3v) is 1.61. The molecule has 0 radical (unpaired) electrons. The summed E-state index contributed by atoms with van der Waals surface area (Å²) in [5.74, 6) is -0.576. The van der Waals surface area contributed by atoms with Gasteiger partial charge in [0.25, 0.3) is 0 Å². The molecule has 76 valence electrons. The first-order valence-corrected chi connectivity index (χ1v) is 4.43. The number of nitrogens with one attached hydrogen (secondary N) is 1. The monoisotopic (exact) mass is 207 g/mol. The minimum absolute atomic E-state index is 0.0119. The van der Waals surface area contributed by atoms with Crippen molar-refractivity contribution in [3.05, 3.63) is 11.8 Å². The van der Waals surface area contributed by atoms with Gasteiger partial charge in [0.05, 0.1) is 18.9 Å². The van der Waals surface area contributed by atoms with Crippen molar-refractivity contribution in [2.75, 3.05) is 26.1 Å². The molecule has 0 saturated carbocycles. The van der Waals surface area contributed by atoms with E-state index in [0.29, 0.717) is 13.2 Å². The van der Waals surface area contributed by atoms with Crippen molar-refractivity contribution < 1.29 is 14.6 Å². The molecule has 0 aromatic carbocycles. The molecule has 0 heterocycles. The van der Waals surface area contributed by atoms with Crippen LogP contribution in [0.1, 0.15) is 6.42 Å². The maximum atomic E-state index is 10.2. The highest BCUT2D eigenvalue weighted by atomic mass is 35.5. The zero-order valence-electron chi connectivity index (χ0n) is 7.55. The van der Waals surface area contributed by atoms with Gasteiger partial charge in [-0.1, -0.05) is 6.08 Å². The molecule has 0 aliphatic rings. The van der Waals surface area contributed by atoms with Crippen LogP contribution in [-0.2, 0) is 9.53 Å². The second kappa shape index (κ2) is 7.89. The Kier molecular flexibility index (Phi) is 7.44. The second-order valence-electron chi connectivity index (χ2n) is 2.38. The fourth-order valence-electron chi connectivity index (χ4n) is 0.698. The Morgan fingerprint density at radius 3 is 2.85 bits per heavy atom. The van der Waals surface area contributed by atoms with E-state index in [2.05, 4.69) is 5.32 Å². The number of aliphatic carboxylic acids is 1. The second-order valence-corrected chi connectivity index (χ2v) is 2.65. The van der Waals surface area contributed by atoms with Crippen LogP contribution in [0.5, 0.6) is 0 Å². The van der Waals surface area contributed by atoms with E-state index in [1.54, 1.807) is 13.2 Å². The summed E-state index contributed by atoms with van der Waals surface area (Å²) in [5, 5.41) is 11.4. The molecule has 0 unspecified atom stereocenters. The summed E-state index contributed by atoms with van der Waals surface area (Å²) >= 11 is 5.57. The number of carboxylic acid groups (broad SMARTS) is 1. The van der Waals surface area contributed by atoms with E-state index in [0.717, 1.165) is 5.70 Å². The third kappa shape index (κ3) is 7.62. The van der Waals surface area contributed by atoms with Gasteiger partial charge in [-0.05, 0) is 0 Å². The first kappa shape index (κ1) is 12.3. The highest BCUT2D eigenvalue weighted by Gasteiger charge is 1.96. The SMILES string of the molecule is COCCNC(=CCC(=O)O)CCl. The topological polar surface area (TPSA) is 58.6 Å². The molecule has 0 bridgehead atoms. The molecule has 0 atom stereocenters. The van der Waals surface area contributed by atoms with Gasteiger partial charge < -0.3 is 15.2 Å². The van der Waals surface area contributed by atoms with E-state index < -0.39 is 5.97 Å². The maximum Gasteiger partial charge on any atom is 0.307 e. The van der Waals surface area contributed by atoms with Crippen LogP contribution in [0.3, 0.4) is 0 Å². The molecule has 0 saturated heterocycles. The van der Waals surface area contributed by atoms with Gasteiger partial charge in [-0.2, -0.15) is 0 Å². The average molecular weight is 208 g/mol. The van der Waals surface area contributed by atoms with Crippen LogP contribution in [0.4, 0.5) is 0 Å². The number of alkyl halides is 1. The molecular weight excluding hydrogens is 194 g/mol. The third-order valence-electron chi connectivity index (χ3n) is 1.33. The molecule has 0 rings (SSSR count). The van der Waals surface area contributed by atoms with Gasteiger partial charge in [-0.25, -0.2) is 0 Å². The van der Waals surface area contributed by atoms with E-state index in [9.17, 15) is 4.79 Å². The Bertz CT molecular complexity index is 182. The van der Waals surface area contributed by atoms with Gasteiger partial charge in [0.2, 0.25) is 0 Å². The van der Waals surface area contributed by atoms with Gasteiger partial charge in [-0.3, -0.25) is 4.79 Å². The van der Waals surface area contributed by atoms with Crippen LogP contribution in [0.2, 0.25) is 0 Å². The number of methoxy groups -OCH3 is 1. The Balaban J connectivity index is 3.73. The minimum Gasteiger partial charge on any atom is -0.481 e. The highest BCUT2D eigenvalue weighted by molar-refractivity contribution is 6.19. The van der Waals surface area contributed by atoms with E-state index >= 15 is 0 Å². The predicted molar refractivity (Wildman–Crippen MR) is 50.9 cm³/mol. The van der Waals surface area contributed by atoms with Crippen molar-refractivity contribution in [3.8, 4) is 0 Å². The van der Waals surface area contributed by atoms with Crippen molar-refractivity contribution in [1.82, 2.24) is 5.32 Å². The zero-order chi connectivity index (χ0) is 10.1. The lowest BCUT2D eigenvalue weighted by molar-refractivity contribution is -0.136. The van der Waals surface area contributed by atoms with Crippen molar-refractivity contribution in [1.29, 1.82) is 0 Å². The summed E-state index contributed by atoms with van der Waals surface area (Å²) in [4.78, 5) is 10.2. The largest absolute Gasteiger partial charge is 0.481 e. The number of carbonyl (C=O) groups is 1. The molecular formula is C8H14ClNO3. The summed E-state index contributed by atoms with van der Waals surface area (Å²) in [5.41, 5.74) is 0.723. The number of hydrogen-bond acceptors (Lipinski definition) is 3. The standard InChI is InChI=1S/C8H14ClNO3/c1-13-5-4-10-7(6-9)2-3-8(11)12/h2,10H,3-6H2,1H3,(H,11,12). The first-order valence-electron chi connectivity index (χ1n) is 3.90. The molecule has 0 aliphatic heterocycles. The molecule has 0 aliphatic carbocycles. The summed E-state index contributed by atoms with van der Waals surface area (Å²) in [6.45, 7) is 1.20. The Morgan fingerprint density at radius 2 is 2.38 bits per heavy atom. The van der Waals surface area contributed by atoms with Crippen molar-refractivity contribution >= 4 is 17.6 Å². The number of halogens is 1.